The molecule has 214 valence electrons. The van der Waals surface area contributed by atoms with Gasteiger partial charge in [0.2, 0.25) is 0 Å². The number of ether oxygens (including phenoxy) is 4. The Morgan fingerprint density at radius 3 is 1.92 bits per heavy atom. The molecule has 0 spiro atoms. The molecule has 0 heterocycles. The number of nitrogens with one attached hydrogen (secondary N) is 1. The zero-order valence-corrected chi connectivity index (χ0v) is 23.6. The van der Waals surface area contributed by atoms with Gasteiger partial charge in [-0.2, -0.15) is 0 Å². The van der Waals surface area contributed by atoms with Crippen molar-refractivity contribution in [1.29, 1.82) is 0 Å². The van der Waals surface area contributed by atoms with Crippen LogP contribution in [0.15, 0.2) is 18.2 Å². The molecule has 10 heteroatoms. The van der Waals surface area contributed by atoms with E-state index in [0.717, 1.165) is 6.42 Å². The van der Waals surface area contributed by atoms with Gasteiger partial charge in [0.15, 0.2) is 11.5 Å². The van der Waals surface area contributed by atoms with E-state index in [1.165, 1.54) is 12.1 Å². The number of carboxylic acids is 1. The minimum absolute atomic E-state index is 0.0352. The quantitative estimate of drug-likeness (QED) is 0.221. The molecule has 38 heavy (non-hydrogen) atoms. The van der Waals surface area contributed by atoms with Crippen molar-refractivity contribution in [1.82, 2.24) is 5.32 Å². The third-order valence-electron chi connectivity index (χ3n) is 6.14. The lowest BCUT2D eigenvalue weighted by Gasteiger charge is -2.20. The Balaban J connectivity index is 2.97. The molecule has 10 nitrogen and oxygen atoms in total. The van der Waals surface area contributed by atoms with Gasteiger partial charge in [-0.25, -0.2) is 4.79 Å². The second-order valence-electron chi connectivity index (χ2n) is 9.64. The minimum Gasteiger partial charge on any atom is -0.480 e. The standard InChI is InChI=1S/C28H43NO9/c1-8-11-19(6)35-28(34)36-20(7)16-29-22(25(30)31)14-21-12-13-23(37-26(32)17(4)9-2)24(15-21)38-27(33)18(5)10-3/h12-13,15,17-20,22,29H,8-11,14,16H2,1-7H3,(H,30,31)/t17?,18?,19?,20?,22-/m0/s1. The highest BCUT2D eigenvalue weighted by Crippen LogP contribution is 2.31. The number of hydrogen-bond acceptors (Lipinski definition) is 9. The third kappa shape index (κ3) is 11.5. The van der Waals surface area contributed by atoms with E-state index in [0.29, 0.717) is 24.8 Å². The SMILES string of the molecule is CCCC(C)OC(=O)OC(C)CN[C@@H](Cc1ccc(OC(=O)C(C)CC)c(OC(=O)C(C)CC)c1)C(=O)O. The maximum Gasteiger partial charge on any atom is 0.508 e. The van der Waals surface area contributed by atoms with Gasteiger partial charge in [-0.3, -0.25) is 14.4 Å². The molecule has 0 fully saturated rings. The summed E-state index contributed by atoms with van der Waals surface area (Å²) in [6, 6.07) is 3.59. The Kier molecular flexibility index (Phi) is 14.4. The molecule has 0 bridgehead atoms. The van der Waals surface area contributed by atoms with E-state index in [1.54, 1.807) is 33.8 Å². The van der Waals surface area contributed by atoms with Crippen molar-refractivity contribution in [2.45, 2.75) is 98.8 Å². The molecular weight excluding hydrogens is 494 g/mol. The number of esters is 2. The molecule has 4 unspecified atom stereocenters. The largest absolute Gasteiger partial charge is 0.508 e. The Morgan fingerprint density at radius 1 is 0.842 bits per heavy atom. The maximum absolute atomic E-state index is 12.5. The Labute approximate surface area is 225 Å². The molecular formula is C28H43NO9. The van der Waals surface area contributed by atoms with E-state index in [9.17, 15) is 24.3 Å². The number of carbonyl (C=O) groups is 4. The van der Waals surface area contributed by atoms with E-state index in [4.69, 9.17) is 18.9 Å². The van der Waals surface area contributed by atoms with Crippen LogP contribution in [0.2, 0.25) is 0 Å². The van der Waals surface area contributed by atoms with E-state index >= 15 is 0 Å². The lowest BCUT2D eigenvalue weighted by Crippen LogP contribution is -2.42. The lowest BCUT2D eigenvalue weighted by atomic mass is 10.0. The zero-order chi connectivity index (χ0) is 28.8. The zero-order valence-electron chi connectivity index (χ0n) is 23.6. The van der Waals surface area contributed by atoms with Crippen LogP contribution in [0.3, 0.4) is 0 Å². The van der Waals surface area contributed by atoms with Gasteiger partial charge in [-0.1, -0.05) is 47.1 Å². The summed E-state index contributed by atoms with van der Waals surface area (Å²) in [5.41, 5.74) is 0.543. The summed E-state index contributed by atoms with van der Waals surface area (Å²) in [7, 11) is 0. The van der Waals surface area contributed by atoms with Gasteiger partial charge in [0.05, 0.1) is 11.8 Å². The summed E-state index contributed by atoms with van der Waals surface area (Å²) >= 11 is 0. The van der Waals surface area contributed by atoms with Crippen molar-refractivity contribution in [2.24, 2.45) is 11.8 Å². The molecule has 0 aromatic heterocycles. The smallest absolute Gasteiger partial charge is 0.480 e. The third-order valence-corrected chi connectivity index (χ3v) is 6.14. The summed E-state index contributed by atoms with van der Waals surface area (Å²) in [4.78, 5) is 48.6. The number of carbonyl (C=O) groups excluding carboxylic acids is 3. The summed E-state index contributed by atoms with van der Waals surface area (Å²) in [5, 5.41) is 12.6. The van der Waals surface area contributed by atoms with Crippen molar-refractivity contribution >= 4 is 24.1 Å². The van der Waals surface area contributed by atoms with Crippen LogP contribution in [0.25, 0.3) is 0 Å². The van der Waals surface area contributed by atoms with Crippen LogP contribution in [0.4, 0.5) is 4.79 Å². The highest BCUT2D eigenvalue weighted by Gasteiger charge is 2.24. The number of aliphatic carboxylic acids is 1. The lowest BCUT2D eigenvalue weighted by molar-refractivity contribution is -0.141. The molecule has 0 saturated carbocycles. The van der Waals surface area contributed by atoms with Crippen LogP contribution < -0.4 is 14.8 Å². The van der Waals surface area contributed by atoms with Crippen molar-refractivity contribution in [2.75, 3.05) is 6.54 Å². The first-order chi connectivity index (χ1) is 17.9. The molecule has 1 rings (SSSR count). The predicted octanol–water partition coefficient (Wildman–Crippen LogP) is 4.91. The van der Waals surface area contributed by atoms with Gasteiger partial charge >= 0.3 is 24.1 Å². The van der Waals surface area contributed by atoms with E-state index in [2.05, 4.69) is 5.32 Å². The molecule has 0 amide bonds. The van der Waals surface area contributed by atoms with Crippen LogP contribution in [0, 0.1) is 11.8 Å². The summed E-state index contributed by atoms with van der Waals surface area (Å²) < 4.78 is 21.4. The van der Waals surface area contributed by atoms with Crippen LogP contribution in [-0.4, -0.2) is 54.0 Å². The van der Waals surface area contributed by atoms with Gasteiger partial charge in [-0.15, -0.1) is 0 Å². The Hall–Kier alpha value is -3.14. The second-order valence-corrected chi connectivity index (χ2v) is 9.64. The van der Waals surface area contributed by atoms with Crippen LogP contribution in [-0.2, 0) is 30.3 Å². The fraction of sp³-hybridized carbons (Fsp3) is 0.643. The van der Waals surface area contributed by atoms with Crippen molar-refractivity contribution in [3.05, 3.63) is 23.8 Å². The molecule has 1 aromatic rings. The normalized spacial score (nSPS) is 14.9. The van der Waals surface area contributed by atoms with Gasteiger partial charge in [0.25, 0.3) is 0 Å². The first kappa shape index (κ1) is 32.9. The molecule has 2 N–H and O–H groups in total. The molecule has 5 atom stereocenters. The topological polar surface area (TPSA) is 137 Å². The molecule has 1 aromatic carbocycles. The minimum atomic E-state index is -1.11. The maximum atomic E-state index is 12.5. The molecule has 0 radical (unpaired) electrons. The summed E-state index contributed by atoms with van der Waals surface area (Å²) in [6.45, 7) is 12.6. The Bertz CT molecular complexity index is 933. The van der Waals surface area contributed by atoms with Crippen molar-refractivity contribution in [3.8, 4) is 11.5 Å². The average Bonchev–Trinajstić information content (AvgIpc) is 2.86. The first-order valence-electron chi connectivity index (χ1n) is 13.3. The van der Waals surface area contributed by atoms with Gasteiger partial charge in [-0.05, 0) is 57.2 Å². The van der Waals surface area contributed by atoms with Gasteiger partial charge in [0, 0.05) is 6.54 Å². The summed E-state index contributed by atoms with van der Waals surface area (Å²) in [6.07, 6.45) is 1.07. The molecule has 0 aliphatic rings. The van der Waals surface area contributed by atoms with Crippen LogP contribution in [0.5, 0.6) is 11.5 Å². The van der Waals surface area contributed by atoms with Crippen molar-refractivity contribution < 1.29 is 43.2 Å². The fourth-order valence-corrected chi connectivity index (χ4v) is 3.25. The molecule has 0 saturated heterocycles. The van der Waals surface area contributed by atoms with E-state index in [-0.39, 0.29) is 42.4 Å². The predicted molar refractivity (Wildman–Crippen MR) is 141 cm³/mol. The monoisotopic (exact) mass is 537 g/mol. The second kappa shape index (κ2) is 16.7. The first-order valence-corrected chi connectivity index (χ1v) is 13.3. The van der Waals surface area contributed by atoms with E-state index in [1.807, 2.05) is 20.8 Å². The van der Waals surface area contributed by atoms with Gasteiger partial charge in [0.1, 0.15) is 18.2 Å². The molecule has 0 aliphatic heterocycles. The highest BCUT2D eigenvalue weighted by atomic mass is 16.7. The summed E-state index contributed by atoms with van der Waals surface area (Å²) in [5.74, 6) is -2.62. The highest BCUT2D eigenvalue weighted by molar-refractivity contribution is 5.78. The Morgan fingerprint density at radius 2 is 1.39 bits per heavy atom. The van der Waals surface area contributed by atoms with E-state index < -0.39 is 36.2 Å². The number of carboxylic acid groups (broad SMARTS) is 1. The van der Waals surface area contributed by atoms with Crippen LogP contribution >= 0.6 is 0 Å². The average molecular weight is 538 g/mol. The molecule has 0 aliphatic carbocycles. The van der Waals surface area contributed by atoms with Crippen molar-refractivity contribution in [3.63, 3.8) is 0 Å². The van der Waals surface area contributed by atoms with Gasteiger partial charge < -0.3 is 29.4 Å². The number of rotatable bonds is 16. The van der Waals surface area contributed by atoms with Crippen LogP contribution in [0.1, 0.15) is 79.7 Å². The fourth-order valence-electron chi connectivity index (χ4n) is 3.25. The number of benzene rings is 1. The number of hydrogen-bond donors (Lipinski definition) is 2.